The number of hydrogen-bond donors (Lipinski definition) is 1. The van der Waals surface area contributed by atoms with Crippen molar-refractivity contribution in [1.82, 2.24) is 15.2 Å². The third-order valence-corrected chi connectivity index (χ3v) is 6.32. The van der Waals surface area contributed by atoms with Crippen LogP contribution >= 0.6 is 0 Å². The Kier molecular flexibility index (Phi) is 6.04. The smallest absolute Gasteiger partial charge is 0.270 e. The van der Waals surface area contributed by atoms with E-state index in [0.717, 1.165) is 37.1 Å². The van der Waals surface area contributed by atoms with Crippen LogP contribution in [0.4, 0.5) is 10.1 Å². The lowest BCUT2D eigenvalue weighted by atomic mass is 10.0. The van der Waals surface area contributed by atoms with Crippen molar-refractivity contribution in [3.05, 3.63) is 53.6 Å². The van der Waals surface area contributed by atoms with Gasteiger partial charge in [0.25, 0.3) is 5.91 Å². The van der Waals surface area contributed by atoms with Crippen molar-refractivity contribution in [1.29, 1.82) is 0 Å². The average Bonchev–Trinajstić information content (AvgIpc) is 3.34. The van der Waals surface area contributed by atoms with Crippen LogP contribution in [0.25, 0.3) is 0 Å². The van der Waals surface area contributed by atoms with Crippen LogP contribution in [0, 0.1) is 11.7 Å². The maximum Gasteiger partial charge on any atom is 0.270 e. The van der Waals surface area contributed by atoms with E-state index in [1.54, 1.807) is 44.4 Å². The Morgan fingerprint density at radius 1 is 1.28 bits per heavy atom. The van der Waals surface area contributed by atoms with Crippen molar-refractivity contribution in [2.45, 2.75) is 31.2 Å². The summed E-state index contributed by atoms with van der Waals surface area (Å²) in [5.41, 5.74) is 1.55. The Bertz CT molecular complexity index is 1020. The fourth-order valence-electron chi connectivity index (χ4n) is 4.35. The minimum Gasteiger partial charge on any atom is -0.496 e. The standard InChI is InChI=1S/C24H29FN4O3/c1-28(2)23(31)16-7-11-29(15-16)19-6-10-26-20(13-19)22(30)27-24(8-9-24)14-17-12-18(25)4-5-21(17)32-3/h4-6,10,12-13,16H,7-9,11,14-15H2,1-3H3,(H,27,30)/t16-/m0/s1. The molecule has 2 aromatic rings. The van der Waals surface area contributed by atoms with Gasteiger partial charge in [0.1, 0.15) is 17.3 Å². The highest BCUT2D eigenvalue weighted by Gasteiger charge is 2.45. The Balaban J connectivity index is 1.44. The number of aromatic nitrogens is 1. The van der Waals surface area contributed by atoms with Crippen LogP contribution in [0.2, 0.25) is 0 Å². The predicted octanol–water partition coefficient (Wildman–Crippen LogP) is 2.65. The zero-order valence-electron chi connectivity index (χ0n) is 18.7. The van der Waals surface area contributed by atoms with Gasteiger partial charge in [0.05, 0.1) is 13.0 Å². The van der Waals surface area contributed by atoms with Crippen LogP contribution in [-0.4, -0.2) is 61.5 Å². The molecule has 170 valence electrons. The number of carbonyl (C=O) groups excluding carboxylic acids is 2. The molecule has 1 saturated carbocycles. The summed E-state index contributed by atoms with van der Waals surface area (Å²) in [5.74, 6) is 0.131. The van der Waals surface area contributed by atoms with Crippen LogP contribution in [-0.2, 0) is 11.2 Å². The van der Waals surface area contributed by atoms with Crippen LogP contribution in [0.5, 0.6) is 5.75 Å². The molecule has 8 heteroatoms. The summed E-state index contributed by atoms with van der Waals surface area (Å²) in [4.78, 5) is 33.3. The van der Waals surface area contributed by atoms with Gasteiger partial charge in [-0.05, 0) is 61.6 Å². The fraction of sp³-hybridized carbons (Fsp3) is 0.458. The molecule has 2 heterocycles. The van der Waals surface area contributed by atoms with E-state index in [2.05, 4.69) is 15.2 Å². The number of nitrogens with zero attached hydrogens (tertiary/aromatic N) is 3. The molecule has 2 aliphatic rings. The molecule has 1 N–H and O–H groups in total. The number of methoxy groups -OCH3 is 1. The van der Waals surface area contributed by atoms with Crippen LogP contribution in [0.1, 0.15) is 35.3 Å². The summed E-state index contributed by atoms with van der Waals surface area (Å²) in [5, 5.41) is 3.10. The second kappa shape index (κ2) is 8.76. The van der Waals surface area contributed by atoms with Gasteiger partial charge in [-0.15, -0.1) is 0 Å². The van der Waals surface area contributed by atoms with Gasteiger partial charge in [0.15, 0.2) is 0 Å². The van der Waals surface area contributed by atoms with Crippen molar-refractivity contribution in [2.24, 2.45) is 5.92 Å². The van der Waals surface area contributed by atoms with Gasteiger partial charge >= 0.3 is 0 Å². The van der Waals surface area contributed by atoms with Gasteiger partial charge in [-0.25, -0.2) is 4.39 Å². The van der Waals surface area contributed by atoms with Crippen LogP contribution in [0.15, 0.2) is 36.5 Å². The second-order valence-electron chi connectivity index (χ2n) is 8.93. The molecule has 1 atom stereocenters. The van der Waals surface area contributed by atoms with Crippen molar-refractivity contribution in [2.75, 3.05) is 39.2 Å². The molecule has 32 heavy (non-hydrogen) atoms. The van der Waals surface area contributed by atoms with E-state index >= 15 is 0 Å². The first-order chi connectivity index (χ1) is 15.3. The lowest BCUT2D eigenvalue weighted by Crippen LogP contribution is -2.39. The number of rotatable bonds is 7. The normalized spacial score (nSPS) is 18.9. The first kappa shape index (κ1) is 22.0. The molecular weight excluding hydrogens is 411 g/mol. The number of halogens is 1. The summed E-state index contributed by atoms with van der Waals surface area (Å²) in [6.07, 6.45) is 4.55. The summed E-state index contributed by atoms with van der Waals surface area (Å²) >= 11 is 0. The zero-order valence-corrected chi connectivity index (χ0v) is 18.7. The molecule has 1 saturated heterocycles. The largest absolute Gasteiger partial charge is 0.496 e. The van der Waals surface area contributed by atoms with Crippen molar-refractivity contribution in [3.8, 4) is 5.75 Å². The predicted molar refractivity (Wildman–Crippen MR) is 119 cm³/mol. The maximum atomic E-state index is 13.7. The Hall–Kier alpha value is -3.16. The van der Waals surface area contributed by atoms with Gasteiger partial charge in [0.2, 0.25) is 5.91 Å². The number of pyridine rings is 1. The molecule has 0 unspecified atom stereocenters. The highest BCUT2D eigenvalue weighted by molar-refractivity contribution is 5.94. The molecule has 4 rings (SSSR count). The number of carbonyl (C=O) groups is 2. The second-order valence-corrected chi connectivity index (χ2v) is 8.93. The topological polar surface area (TPSA) is 74.8 Å². The molecule has 2 fully saturated rings. The molecule has 0 spiro atoms. The van der Waals surface area contributed by atoms with E-state index in [-0.39, 0.29) is 23.5 Å². The highest BCUT2D eigenvalue weighted by Crippen LogP contribution is 2.41. The number of ether oxygens (including phenoxy) is 1. The van der Waals surface area contributed by atoms with E-state index in [1.165, 1.54) is 12.1 Å². The third kappa shape index (κ3) is 4.69. The van der Waals surface area contributed by atoms with Crippen molar-refractivity contribution >= 4 is 17.5 Å². The Morgan fingerprint density at radius 3 is 2.75 bits per heavy atom. The number of amides is 2. The lowest BCUT2D eigenvalue weighted by molar-refractivity contribution is -0.132. The molecule has 2 amide bonds. The van der Waals surface area contributed by atoms with E-state index in [1.807, 2.05) is 6.07 Å². The van der Waals surface area contributed by atoms with E-state index in [9.17, 15) is 14.0 Å². The van der Waals surface area contributed by atoms with E-state index in [0.29, 0.717) is 24.4 Å². The van der Waals surface area contributed by atoms with Crippen molar-refractivity contribution in [3.63, 3.8) is 0 Å². The summed E-state index contributed by atoms with van der Waals surface area (Å²) in [7, 11) is 5.10. The van der Waals surface area contributed by atoms with Gasteiger partial charge < -0.3 is 19.9 Å². The number of anilines is 1. The first-order valence-corrected chi connectivity index (χ1v) is 10.9. The van der Waals surface area contributed by atoms with Crippen molar-refractivity contribution < 1.29 is 18.7 Å². The monoisotopic (exact) mass is 440 g/mol. The minimum absolute atomic E-state index is 0.0357. The quantitative estimate of drug-likeness (QED) is 0.717. The summed E-state index contributed by atoms with van der Waals surface area (Å²) in [6.45, 7) is 1.39. The number of hydrogen-bond acceptors (Lipinski definition) is 5. The SMILES string of the molecule is COc1ccc(F)cc1CC1(NC(=O)c2cc(N3CC[C@H](C(=O)N(C)C)C3)ccn2)CC1. The molecule has 1 aliphatic heterocycles. The van der Waals surface area contributed by atoms with E-state index in [4.69, 9.17) is 4.74 Å². The Morgan fingerprint density at radius 2 is 2.06 bits per heavy atom. The van der Waals surface area contributed by atoms with E-state index < -0.39 is 5.54 Å². The Labute approximate surface area is 187 Å². The molecule has 1 aliphatic carbocycles. The molecule has 1 aromatic carbocycles. The lowest BCUT2D eigenvalue weighted by Gasteiger charge is -2.21. The van der Waals surface area contributed by atoms with Gasteiger partial charge in [0, 0.05) is 44.6 Å². The molecule has 0 radical (unpaired) electrons. The fourth-order valence-corrected chi connectivity index (χ4v) is 4.35. The number of nitrogens with one attached hydrogen (secondary N) is 1. The molecule has 7 nitrogen and oxygen atoms in total. The molecular formula is C24H29FN4O3. The van der Waals surface area contributed by atoms with Gasteiger partial charge in [-0.1, -0.05) is 0 Å². The van der Waals surface area contributed by atoms with Gasteiger partial charge in [-0.3, -0.25) is 14.6 Å². The van der Waals surface area contributed by atoms with Gasteiger partial charge in [-0.2, -0.15) is 0 Å². The van der Waals surface area contributed by atoms with Crippen LogP contribution in [0.3, 0.4) is 0 Å². The van der Waals surface area contributed by atoms with Crippen LogP contribution < -0.4 is 15.0 Å². The average molecular weight is 441 g/mol. The minimum atomic E-state index is -0.410. The third-order valence-electron chi connectivity index (χ3n) is 6.32. The number of benzene rings is 1. The maximum absolute atomic E-state index is 13.7. The molecule has 1 aromatic heterocycles. The zero-order chi connectivity index (χ0) is 22.9. The first-order valence-electron chi connectivity index (χ1n) is 10.9. The molecule has 0 bridgehead atoms. The summed E-state index contributed by atoms with van der Waals surface area (Å²) in [6, 6.07) is 8.08. The highest BCUT2D eigenvalue weighted by atomic mass is 19.1. The summed E-state index contributed by atoms with van der Waals surface area (Å²) < 4.78 is 19.1.